The van der Waals surface area contributed by atoms with E-state index in [4.69, 9.17) is 0 Å². The number of rotatable bonds is 7. The fraction of sp³-hybridized carbons (Fsp3) is 0.562. The summed E-state index contributed by atoms with van der Waals surface area (Å²) in [6, 6.07) is 0.222. The minimum absolute atomic E-state index is 0.0796. The van der Waals surface area contributed by atoms with E-state index in [0.29, 0.717) is 19.2 Å². The summed E-state index contributed by atoms with van der Waals surface area (Å²) in [6.45, 7) is 1.49. The number of nitro groups is 1. The van der Waals surface area contributed by atoms with Gasteiger partial charge in [-0.05, 0) is 19.2 Å². The van der Waals surface area contributed by atoms with Crippen molar-refractivity contribution in [3.8, 4) is 0 Å². The number of hydrogen-bond acceptors (Lipinski definition) is 7. The van der Waals surface area contributed by atoms with Gasteiger partial charge < -0.3 is 9.80 Å². The van der Waals surface area contributed by atoms with Crippen molar-refractivity contribution in [2.24, 2.45) is 0 Å². The van der Waals surface area contributed by atoms with E-state index in [1.54, 1.807) is 7.05 Å². The summed E-state index contributed by atoms with van der Waals surface area (Å²) in [6.07, 6.45) is -6.96. The Balaban J connectivity index is 2.41. The number of nitro benzene ring substituents is 1. The Morgan fingerprint density at radius 3 is 2.09 bits per heavy atom. The van der Waals surface area contributed by atoms with E-state index in [9.17, 15) is 58.3 Å². The molecule has 192 valence electrons. The molecule has 1 aliphatic rings. The minimum Gasteiger partial charge on any atom is -0.339 e. The highest BCUT2D eigenvalue weighted by Crippen LogP contribution is 2.51. The highest BCUT2D eigenvalue weighted by atomic mass is 32.2. The van der Waals surface area contributed by atoms with Crippen molar-refractivity contribution in [3.05, 3.63) is 28.3 Å². The van der Waals surface area contributed by atoms with E-state index in [1.165, 1.54) is 4.90 Å². The van der Waals surface area contributed by atoms with Gasteiger partial charge in [-0.2, -0.15) is 30.7 Å². The van der Waals surface area contributed by atoms with Crippen LogP contribution in [0.1, 0.15) is 0 Å². The summed E-state index contributed by atoms with van der Waals surface area (Å²) in [4.78, 5) is 22.6. The van der Waals surface area contributed by atoms with Gasteiger partial charge in [-0.1, -0.05) is 0 Å². The Bertz CT molecular complexity index is 1100. The van der Waals surface area contributed by atoms with Crippen LogP contribution in [0, 0.1) is 10.1 Å². The third-order valence-corrected chi connectivity index (χ3v) is 8.00. The molecule has 0 saturated carbocycles. The van der Waals surface area contributed by atoms with E-state index in [0.717, 1.165) is 0 Å². The molecule has 2 rings (SSSR count). The molecule has 18 heteroatoms. The van der Waals surface area contributed by atoms with Gasteiger partial charge in [0.05, 0.1) is 20.6 Å². The van der Waals surface area contributed by atoms with Crippen LogP contribution in [0.4, 0.5) is 36.4 Å². The van der Waals surface area contributed by atoms with Crippen LogP contribution in [-0.4, -0.2) is 89.6 Å². The van der Waals surface area contributed by atoms with Crippen molar-refractivity contribution in [3.63, 3.8) is 0 Å². The number of amides is 1. The molecule has 1 heterocycles. The number of likely N-dealkylation sites (N-methyl/N-ethyl adjacent to an activating group) is 1. The van der Waals surface area contributed by atoms with Crippen molar-refractivity contribution in [1.82, 2.24) is 9.80 Å². The minimum atomic E-state index is -7.02. The molecule has 9 nitrogen and oxygen atoms in total. The van der Waals surface area contributed by atoms with E-state index in [1.807, 2.05) is 4.90 Å². The lowest BCUT2D eigenvalue weighted by Gasteiger charge is -2.32. The lowest BCUT2D eigenvalue weighted by atomic mass is 10.3. The third kappa shape index (κ3) is 5.02. The maximum Gasteiger partial charge on any atom is 0.461 e. The maximum atomic E-state index is 13.8. The first-order chi connectivity index (χ1) is 15.3. The molecule has 0 aromatic heterocycles. The molecule has 1 saturated heterocycles. The third-order valence-electron chi connectivity index (χ3n) is 4.85. The molecular formula is C16H16F7N3O6S2. The Kier molecular flexibility index (Phi) is 7.69. The molecule has 1 amide bonds. The molecule has 0 spiro atoms. The van der Waals surface area contributed by atoms with Crippen LogP contribution < -0.4 is 0 Å². The predicted octanol–water partition coefficient (Wildman–Crippen LogP) is 2.04. The highest BCUT2D eigenvalue weighted by Gasteiger charge is 2.78. The Morgan fingerprint density at radius 1 is 1.09 bits per heavy atom. The van der Waals surface area contributed by atoms with Crippen LogP contribution >= 0.6 is 0 Å². The molecule has 1 fully saturated rings. The normalized spacial score (nSPS) is 17.5. The first-order valence-corrected chi connectivity index (χ1v) is 11.8. The molecule has 34 heavy (non-hydrogen) atoms. The number of halogens is 7. The molecule has 0 bridgehead atoms. The lowest BCUT2D eigenvalue weighted by molar-refractivity contribution is -0.388. The van der Waals surface area contributed by atoms with Crippen LogP contribution in [0.25, 0.3) is 0 Å². The van der Waals surface area contributed by atoms with Crippen LogP contribution in [0.3, 0.4) is 0 Å². The molecule has 1 aliphatic heterocycles. The zero-order valence-corrected chi connectivity index (χ0v) is 18.7. The summed E-state index contributed by atoms with van der Waals surface area (Å²) in [5.74, 6) is -8.52. The summed E-state index contributed by atoms with van der Waals surface area (Å²) in [5.41, 5.74) is -1.42. The Morgan fingerprint density at radius 2 is 1.62 bits per heavy atom. The van der Waals surface area contributed by atoms with Gasteiger partial charge in [0, 0.05) is 32.2 Å². The molecular weight excluding hydrogens is 527 g/mol. The van der Waals surface area contributed by atoms with Gasteiger partial charge in [0.15, 0.2) is 0 Å². The Hall–Kier alpha value is -2.34. The molecule has 1 atom stereocenters. The number of alkyl halides is 7. The van der Waals surface area contributed by atoms with Gasteiger partial charge in [-0.3, -0.25) is 19.1 Å². The SMILES string of the molecule is CN1CCN(C(=O)CS(=O)c2ccc(S(=O)(=O)C(F)(F)C(F)(F)C(F)(F)F)cc2[N+](=O)[O-])CC1. The zero-order valence-electron chi connectivity index (χ0n) is 17.0. The van der Waals surface area contributed by atoms with E-state index < -0.39 is 70.1 Å². The summed E-state index contributed by atoms with van der Waals surface area (Å²) >= 11 is 0. The fourth-order valence-electron chi connectivity index (χ4n) is 2.82. The molecule has 1 aromatic rings. The first kappa shape index (κ1) is 27.9. The molecule has 0 N–H and O–H groups in total. The van der Waals surface area contributed by atoms with E-state index >= 15 is 0 Å². The number of nitrogens with zero attached hydrogens (tertiary/aromatic N) is 3. The number of benzene rings is 1. The van der Waals surface area contributed by atoms with Crippen molar-refractivity contribution < 1.29 is 53.1 Å². The van der Waals surface area contributed by atoms with Gasteiger partial charge in [-0.15, -0.1) is 0 Å². The second kappa shape index (κ2) is 9.37. The number of hydrogen-bond donors (Lipinski definition) is 0. The summed E-state index contributed by atoms with van der Waals surface area (Å²) in [5, 5.41) is 4.58. The predicted molar refractivity (Wildman–Crippen MR) is 102 cm³/mol. The van der Waals surface area contributed by atoms with Crippen LogP contribution in [0.2, 0.25) is 0 Å². The van der Waals surface area contributed by atoms with Crippen LogP contribution in [0.15, 0.2) is 28.0 Å². The molecule has 0 radical (unpaired) electrons. The van der Waals surface area contributed by atoms with Gasteiger partial charge in [0.25, 0.3) is 15.5 Å². The van der Waals surface area contributed by atoms with E-state index in [-0.39, 0.29) is 25.2 Å². The smallest absolute Gasteiger partial charge is 0.339 e. The van der Waals surface area contributed by atoms with Crippen molar-refractivity contribution >= 4 is 32.2 Å². The quantitative estimate of drug-likeness (QED) is 0.294. The lowest BCUT2D eigenvalue weighted by Crippen LogP contribution is -2.55. The second-order valence-corrected chi connectivity index (χ2v) is 10.6. The maximum absolute atomic E-state index is 13.8. The van der Waals surface area contributed by atoms with E-state index in [2.05, 4.69) is 0 Å². The Labute approximate surface area is 190 Å². The largest absolute Gasteiger partial charge is 0.461 e. The van der Waals surface area contributed by atoms with Gasteiger partial charge >= 0.3 is 17.4 Å². The first-order valence-electron chi connectivity index (χ1n) is 9.04. The van der Waals surface area contributed by atoms with Gasteiger partial charge in [0.1, 0.15) is 10.6 Å². The second-order valence-electron chi connectivity index (χ2n) is 7.15. The number of carbonyl (C=O) groups excluding carboxylic acids is 1. The van der Waals surface area contributed by atoms with Gasteiger partial charge in [-0.25, -0.2) is 8.42 Å². The fourth-order valence-corrected chi connectivity index (χ4v) is 5.23. The highest BCUT2D eigenvalue weighted by molar-refractivity contribution is 7.92. The standard InChI is InChI=1S/C16H16F7N3O6S2/c1-24-4-6-25(7-5-24)13(27)9-33(30)12-3-2-10(8-11(12)26(28)29)34(31,32)16(22,23)14(17,18)15(19,20)21/h2-3,8H,4-7,9H2,1H3. The van der Waals surface area contributed by atoms with Crippen molar-refractivity contribution in [1.29, 1.82) is 0 Å². The molecule has 1 aromatic carbocycles. The monoisotopic (exact) mass is 543 g/mol. The topological polar surface area (TPSA) is 118 Å². The number of sulfone groups is 1. The number of piperazine rings is 1. The molecule has 0 aliphatic carbocycles. The van der Waals surface area contributed by atoms with Gasteiger partial charge in [0.2, 0.25) is 5.91 Å². The average Bonchev–Trinajstić information content (AvgIpc) is 2.72. The summed E-state index contributed by atoms with van der Waals surface area (Å²) in [7, 11) is -7.53. The van der Waals surface area contributed by atoms with Crippen molar-refractivity contribution in [2.45, 2.75) is 27.1 Å². The van der Waals surface area contributed by atoms with Crippen LogP contribution in [-0.2, 0) is 25.4 Å². The van der Waals surface area contributed by atoms with Crippen molar-refractivity contribution in [2.75, 3.05) is 39.0 Å². The summed E-state index contributed by atoms with van der Waals surface area (Å²) < 4.78 is 128. The zero-order chi connectivity index (χ0) is 26.3. The number of carbonyl (C=O) groups is 1. The van der Waals surface area contributed by atoms with Crippen LogP contribution in [0.5, 0.6) is 0 Å². The molecule has 1 unspecified atom stereocenters. The average molecular weight is 543 g/mol.